The van der Waals surface area contributed by atoms with Crippen molar-refractivity contribution in [3.05, 3.63) is 35.9 Å². The van der Waals surface area contributed by atoms with Crippen molar-refractivity contribution < 1.29 is 0 Å². The normalized spacial score (nSPS) is 21.1. The van der Waals surface area contributed by atoms with Crippen LogP contribution in [-0.4, -0.2) is 12.1 Å². The third kappa shape index (κ3) is 1.28. The molecule has 0 spiro atoms. The molecule has 0 bridgehead atoms. The van der Waals surface area contributed by atoms with Crippen LogP contribution >= 0.6 is 0 Å². The minimum Gasteiger partial charge on any atom is -0.257 e. The molecule has 0 radical (unpaired) electrons. The van der Waals surface area contributed by atoms with Gasteiger partial charge in [0.05, 0.1) is 0 Å². The summed E-state index contributed by atoms with van der Waals surface area (Å²) in [5.41, 5.74) is 1.21. The fraction of sp³-hybridized carbons (Fsp3) is 0.200. The summed E-state index contributed by atoms with van der Waals surface area (Å²) in [4.78, 5) is 8.47. The van der Waals surface area contributed by atoms with Crippen LogP contribution in [0.3, 0.4) is 0 Å². The van der Waals surface area contributed by atoms with Crippen molar-refractivity contribution >= 4 is 12.1 Å². The van der Waals surface area contributed by atoms with Gasteiger partial charge in [-0.05, 0) is 12.5 Å². The van der Waals surface area contributed by atoms with Crippen LogP contribution in [-0.2, 0) is 0 Å². The Morgan fingerprint density at radius 3 is 2.50 bits per heavy atom. The Kier molecular flexibility index (Phi) is 1.74. The Bertz CT molecular complexity index is 325. The molecule has 1 unspecified atom stereocenters. The maximum atomic E-state index is 4.35. The van der Waals surface area contributed by atoms with Crippen molar-refractivity contribution in [2.45, 2.75) is 13.0 Å². The third-order valence-electron chi connectivity index (χ3n) is 1.87. The lowest BCUT2D eigenvalue weighted by atomic mass is 10.1. The van der Waals surface area contributed by atoms with Crippen molar-refractivity contribution in [3.8, 4) is 0 Å². The molecule has 12 heavy (non-hydrogen) atoms. The molecule has 1 aliphatic heterocycles. The summed E-state index contributed by atoms with van der Waals surface area (Å²) in [7, 11) is 0. The molecule has 0 amide bonds. The Hall–Kier alpha value is -1.44. The lowest BCUT2D eigenvalue weighted by Crippen LogP contribution is -1.91. The van der Waals surface area contributed by atoms with Gasteiger partial charge in [0.2, 0.25) is 0 Å². The Labute approximate surface area is 71.7 Å². The zero-order valence-electron chi connectivity index (χ0n) is 6.94. The molecule has 60 valence electrons. The summed E-state index contributed by atoms with van der Waals surface area (Å²) in [6, 6.07) is 10.3. The number of hydrogen-bond acceptors (Lipinski definition) is 2. The number of amidine groups is 1. The highest BCUT2D eigenvalue weighted by atomic mass is 15.0. The van der Waals surface area contributed by atoms with Crippen LogP contribution in [0.2, 0.25) is 0 Å². The summed E-state index contributed by atoms with van der Waals surface area (Å²) in [6.07, 6.45) is 1.88. The second-order valence-corrected chi connectivity index (χ2v) is 2.81. The molecule has 1 aromatic carbocycles. The van der Waals surface area contributed by atoms with Gasteiger partial charge in [0.15, 0.2) is 0 Å². The quantitative estimate of drug-likeness (QED) is 0.598. The Morgan fingerprint density at radius 2 is 1.92 bits per heavy atom. The van der Waals surface area contributed by atoms with Gasteiger partial charge < -0.3 is 0 Å². The average molecular weight is 158 g/mol. The predicted molar refractivity (Wildman–Crippen MR) is 50.8 cm³/mol. The zero-order valence-corrected chi connectivity index (χ0v) is 6.94. The van der Waals surface area contributed by atoms with Crippen molar-refractivity contribution in [3.63, 3.8) is 0 Å². The lowest BCUT2D eigenvalue weighted by molar-refractivity contribution is 1.00. The maximum Gasteiger partial charge on any atom is 0.120 e. The molecule has 0 aromatic heterocycles. The summed E-state index contributed by atoms with van der Waals surface area (Å²) >= 11 is 0. The fourth-order valence-corrected chi connectivity index (χ4v) is 1.26. The molecule has 0 saturated heterocycles. The summed E-state index contributed by atoms with van der Waals surface area (Å²) in [5, 5.41) is 0. The molecule has 0 N–H and O–H groups in total. The number of nitrogens with zero attached hydrogens (tertiary/aromatic N) is 2. The first-order valence-corrected chi connectivity index (χ1v) is 4.00. The SMILES string of the molecule is CC1=NC(c2ccccc2)C=N1. The van der Waals surface area contributed by atoms with E-state index in [1.807, 2.05) is 31.3 Å². The van der Waals surface area contributed by atoms with E-state index < -0.39 is 0 Å². The van der Waals surface area contributed by atoms with E-state index in [2.05, 4.69) is 22.1 Å². The first-order valence-electron chi connectivity index (χ1n) is 4.00. The second-order valence-electron chi connectivity index (χ2n) is 2.81. The number of rotatable bonds is 1. The van der Waals surface area contributed by atoms with Crippen LogP contribution in [0.5, 0.6) is 0 Å². The van der Waals surface area contributed by atoms with Crippen molar-refractivity contribution in [2.75, 3.05) is 0 Å². The Morgan fingerprint density at radius 1 is 1.17 bits per heavy atom. The lowest BCUT2D eigenvalue weighted by Gasteiger charge is -2.01. The van der Waals surface area contributed by atoms with Crippen LogP contribution in [0.25, 0.3) is 0 Å². The van der Waals surface area contributed by atoms with E-state index in [4.69, 9.17) is 0 Å². The van der Waals surface area contributed by atoms with Gasteiger partial charge in [0.1, 0.15) is 11.9 Å². The molecule has 1 heterocycles. The molecule has 0 aliphatic carbocycles. The highest BCUT2D eigenvalue weighted by molar-refractivity contribution is 5.94. The van der Waals surface area contributed by atoms with Crippen molar-refractivity contribution in [2.24, 2.45) is 9.98 Å². The fourth-order valence-electron chi connectivity index (χ4n) is 1.26. The van der Waals surface area contributed by atoms with E-state index in [1.54, 1.807) is 0 Å². The van der Waals surface area contributed by atoms with E-state index in [0.717, 1.165) is 5.84 Å². The van der Waals surface area contributed by atoms with E-state index in [-0.39, 0.29) is 6.04 Å². The van der Waals surface area contributed by atoms with Crippen LogP contribution < -0.4 is 0 Å². The van der Waals surface area contributed by atoms with E-state index in [1.165, 1.54) is 5.56 Å². The van der Waals surface area contributed by atoms with E-state index >= 15 is 0 Å². The summed E-state index contributed by atoms with van der Waals surface area (Å²) in [5.74, 6) is 0.865. The highest BCUT2D eigenvalue weighted by Gasteiger charge is 2.10. The van der Waals surface area contributed by atoms with Gasteiger partial charge in [-0.3, -0.25) is 4.99 Å². The summed E-state index contributed by atoms with van der Waals surface area (Å²) < 4.78 is 0. The summed E-state index contributed by atoms with van der Waals surface area (Å²) in [6.45, 7) is 1.92. The van der Waals surface area contributed by atoms with Crippen LogP contribution in [0.4, 0.5) is 0 Å². The van der Waals surface area contributed by atoms with E-state index in [0.29, 0.717) is 0 Å². The Balaban J connectivity index is 2.29. The van der Waals surface area contributed by atoms with Crippen LogP contribution in [0, 0.1) is 0 Å². The molecule has 2 nitrogen and oxygen atoms in total. The standard InChI is InChI=1S/C10H10N2/c1-8-11-7-10(12-8)9-5-3-2-4-6-9/h2-7,10H,1H3. The van der Waals surface area contributed by atoms with Gasteiger partial charge in [-0.25, -0.2) is 4.99 Å². The third-order valence-corrected chi connectivity index (χ3v) is 1.87. The van der Waals surface area contributed by atoms with Gasteiger partial charge >= 0.3 is 0 Å². The topological polar surface area (TPSA) is 24.7 Å². The van der Waals surface area contributed by atoms with E-state index in [9.17, 15) is 0 Å². The van der Waals surface area contributed by atoms with Crippen LogP contribution in [0.15, 0.2) is 40.3 Å². The monoisotopic (exact) mass is 158 g/mol. The molecule has 1 aromatic rings. The maximum absolute atomic E-state index is 4.35. The minimum atomic E-state index is 0.145. The first kappa shape index (κ1) is 7.22. The van der Waals surface area contributed by atoms with Gasteiger partial charge in [-0.15, -0.1) is 0 Å². The molecule has 1 atom stereocenters. The van der Waals surface area contributed by atoms with Gasteiger partial charge in [0, 0.05) is 6.21 Å². The number of benzene rings is 1. The largest absolute Gasteiger partial charge is 0.257 e. The minimum absolute atomic E-state index is 0.145. The van der Waals surface area contributed by atoms with Crippen LogP contribution in [0.1, 0.15) is 18.5 Å². The van der Waals surface area contributed by atoms with Gasteiger partial charge in [-0.1, -0.05) is 30.3 Å². The van der Waals surface area contributed by atoms with Crippen molar-refractivity contribution in [1.29, 1.82) is 0 Å². The average Bonchev–Trinajstić information content (AvgIpc) is 2.54. The molecule has 1 aliphatic rings. The molecular formula is C10H10N2. The van der Waals surface area contributed by atoms with Gasteiger partial charge in [0.25, 0.3) is 0 Å². The zero-order chi connectivity index (χ0) is 8.39. The van der Waals surface area contributed by atoms with Gasteiger partial charge in [-0.2, -0.15) is 0 Å². The second kappa shape index (κ2) is 2.89. The molecular weight excluding hydrogens is 148 g/mol. The number of aliphatic imine (C=N–C) groups is 2. The number of hydrogen-bond donors (Lipinski definition) is 0. The smallest absolute Gasteiger partial charge is 0.120 e. The molecule has 2 rings (SSSR count). The highest BCUT2D eigenvalue weighted by Crippen LogP contribution is 2.18. The molecule has 0 saturated carbocycles. The molecule has 2 heteroatoms. The predicted octanol–water partition coefficient (Wildman–Crippen LogP) is 2.23. The van der Waals surface area contributed by atoms with Crippen molar-refractivity contribution in [1.82, 2.24) is 0 Å². The first-order chi connectivity index (χ1) is 5.86. The molecule has 0 fully saturated rings.